The number of hydrogen-bond donors (Lipinski definition) is 2. The van der Waals surface area contributed by atoms with E-state index in [4.69, 9.17) is 21.5 Å². The van der Waals surface area contributed by atoms with Crippen LogP contribution in [0.5, 0.6) is 5.75 Å². The van der Waals surface area contributed by atoms with Crippen molar-refractivity contribution in [2.24, 2.45) is 5.92 Å². The van der Waals surface area contributed by atoms with Gasteiger partial charge in [-0.05, 0) is 49.2 Å². The molecule has 1 aromatic heterocycles. The number of alkyl halides is 3. The van der Waals surface area contributed by atoms with Gasteiger partial charge in [0.2, 0.25) is 5.91 Å². The fraction of sp³-hybridized carbons (Fsp3) is 0.182. The Labute approximate surface area is 218 Å². The summed E-state index contributed by atoms with van der Waals surface area (Å²) >= 11 is 6.03. The maximum atomic E-state index is 12.6. The Kier molecular flexibility index (Phi) is 11.2. The molecule has 3 rings (SSSR count). The molecular formula is C22H18AgClF3N3O5. The summed E-state index contributed by atoms with van der Waals surface area (Å²) in [5.74, 6) is -4.61. The summed E-state index contributed by atoms with van der Waals surface area (Å²) in [5.41, 5.74) is 2.00. The fourth-order valence-electron chi connectivity index (χ4n) is 2.69. The number of carboxylic acid groups (broad SMARTS) is 1. The maximum Gasteiger partial charge on any atom is 1.00 e. The number of ketones is 1. The number of carbonyl (C=O) groups excluding carboxylic acids is 3. The molecule has 0 fully saturated rings. The minimum absolute atomic E-state index is 0. The molecule has 0 bridgehead atoms. The number of benzene rings is 2. The summed E-state index contributed by atoms with van der Waals surface area (Å²) in [6.07, 6.45) is -1.41. The van der Waals surface area contributed by atoms with Crippen LogP contribution < -0.4 is 10.4 Å². The van der Waals surface area contributed by atoms with Gasteiger partial charge in [-0.2, -0.15) is 18.3 Å². The zero-order valence-electron chi connectivity index (χ0n) is 17.8. The number of aromatic nitrogens is 2. The number of phenols is 1. The Hall–Kier alpha value is -3.12. The van der Waals surface area contributed by atoms with E-state index in [-0.39, 0.29) is 51.0 Å². The number of amides is 1. The van der Waals surface area contributed by atoms with Gasteiger partial charge in [-0.3, -0.25) is 9.59 Å². The average molecular weight is 605 g/mol. The van der Waals surface area contributed by atoms with Crippen molar-refractivity contribution in [1.29, 1.82) is 0 Å². The SMILES string of the molecule is CC(=O)C(Cc1ccc(-n2cccn2)cc1)C(=O)Nc1cc(O)ccc1Cl.O=C([O-])C(F)(F)F.[Ag+]. The number of anilines is 1. The Morgan fingerprint density at radius 2 is 1.77 bits per heavy atom. The van der Waals surface area contributed by atoms with Crippen molar-refractivity contribution in [2.45, 2.75) is 19.5 Å². The number of nitrogens with zero attached hydrogens (tertiary/aromatic N) is 2. The summed E-state index contributed by atoms with van der Waals surface area (Å²) in [4.78, 5) is 33.4. The van der Waals surface area contributed by atoms with Gasteiger partial charge in [0, 0.05) is 18.5 Å². The van der Waals surface area contributed by atoms with Crippen LogP contribution in [0.1, 0.15) is 12.5 Å². The molecule has 1 amide bonds. The number of carbonyl (C=O) groups is 3. The van der Waals surface area contributed by atoms with Crippen molar-refractivity contribution in [3.05, 3.63) is 71.5 Å². The zero-order valence-corrected chi connectivity index (χ0v) is 20.1. The van der Waals surface area contributed by atoms with Crippen LogP contribution in [0.15, 0.2) is 60.9 Å². The second-order valence-corrected chi connectivity index (χ2v) is 7.33. The number of aliphatic carboxylic acids is 1. The molecule has 2 aromatic carbocycles. The summed E-state index contributed by atoms with van der Waals surface area (Å²) in [6, 6.07) is 13.5. The molecule has 35 heavy (non-hydrogen) atoms. The number of rotatable bonds is 6. The number of aromatic hydroxyl groups is 1. The van der Waals surface area contributed by atoms with E-state index in [0.29, 0.717) is 0 Å². The van der Waals surface area contributed by atoms with Gasteiger partial charge in [-0.25, -0.2) is 4.68 Å². The summed E-state index contributed by atoms with van der Waals surface area (Å²) in [6.45, 7) is 1.38. The molecule has 1 heterocycles. The van der Waals surface area contributed by atoms with Crippen LogP contribution in [0.4, 0.5) is 18.9 Å². The number of carboxylic acids is 1. The van der Waals surface area contributed by atoms with E-state index in [1.165, 1.54) is 25.1 Å². The molecular weight excluding hydrogens is 587 g/mol. The first-order valence-corrected chi connectivity index (χ1v) is 9.93. The third kappa shape index (κ3) is 9.21. The molecule has 0 radical (unpaired) electrons. The number of Topliss-reactive ketones (excluding diaryl/α,β-unsaturated/α-hetero) is 1. The molecule has 3 aromatic rings. The van der Waals surface area contributed by atoms with Gasteiger partial charge in [-0.1, -0.05) is 23.7 Å². The van der Waals surface area contributed by atoms with Crippen molar-refractivity contribution >= 4 is 34.9 Å². The van der Waals surface area contributed by atoms with Crippen molar-refractivity contribution in [2.75, 3.05) is 5.32 Å². The average Bonchev–Trinajstić information content (AvgIpc) is 3.29. The molecule has 0 saturated heterocycles. The van der Waals surface area contributed by atoms with Gasteiger partial charge in [0.15, 0.2) is 0 Å². The summed E-state index contributed by atoms with van der Waals surface area (Å²) in [5, 5.41) is 25.4. The normalized spacial score (nSPS) is 11.3. The Balaban J connectivity index is 0.000000672. The Bertz CT molecular complexity index is 1160. The van der Waals surface area contributed by atoms with Gasteiger partial charge in [0.25, 0.3) is 0 Å². The standard InChI is InChI=1S/C20H18ClN3O3.C2HF3O2.Ag/c1-13(25)17(20(27)23-19-12-16(26)7-8-18(19)21)11-14-3-5-15(6-4-14)24-10-2-9-22-24;3-2(4,5)1(6)7;/h2-10,12,17,26H,11H2,1H3,(H,23,27);(H,6,7);/q;;+1/p-1. The van der Waals surface area contributed by atoms with Crippen molar-refractivity contribution in [3.8, 4) is 11.4 Å². The number of nitrogens with one attached hydrogen (secondary N) is 1. The summed E-state index contributed by atoms with van der Waals surface area (Å²) in [7, 11) is 0. The number of halogens is 4. The van der Waals surface area contributed by atoms with E-state index >= 15 is 0 Å². The van der Waals surface area contributed by atoms with Gasteiger partial charge in [0.05, 0.1) is 16.4 Å². The number of hydrogen-bond acceptors (Lipinski definition) is 6. The first-order chi connectivity index (χ1) is 15.9. The van der Waals surface area contributed by atoms with Crippen molar-refractivity contribution < 1.29 is 60.1 Å². The molecule has 0 aliphatic carbocycles. The van der Waals surface area contributed by atoms with E-state index in [2.05, 4.69) is 10.4 Å². The molecule has 8 nitrogen and oxygen atoms in total. The van der Waals surface area contributed by atoms with Crippen LogP contribution in [0.2, 0.25) is 5.02 Å². The molecule has 13 heteroatoms. The van der Waals surface area contributed by atoms with Gasteiger partial charge < -0.3 is 20.3 Å². The van der Waals surface area contributed by atoms with Crippen LogP contribution >= 0.6 is 11.6 Å². The predicted molar refractivity (Wildman–Crippen MR) is 114 cm³/mol. The van der Waals surface area contributed by atoms with E-state index < -0.39 is 24.0 Å². The smallest absolute Gasteiger partial charge is 0.542 e. The van der Waals surface area contributed by atoms with E-state index in [0.717, 1.165) is 11.3 Å². The monoisotopic (exact) mass is 603 g/mol. The fourth-order valence-corrected chi connectivity index (χ4v) is 2.86. The van der Waals surface area contributed by atoms with Crippen LogP contribution in [-0.4, -0.2) is 38.7 Å². The largest absolute Gasteiger partial charge is 1.00 e. The quantitative estimate of drug-likeness (QED) is 0.330. The van der Waals surface area contributed by atoms with Gasteiger partial charge in [-0.15, -0.1) is 0 Å². The molecule has 0 aliphatic rings. The number of phenolic OH excluding ortho intramolecular Hbond substituents is 1. The second-order valence-electron chi connectivity index (χ2n) is 6.92. The first-order valence-electron chi connectivity index (χ1n) is 9.55. The van der Waals surface area contributed by atoms with E-state index in [1.807, 2.05) is 36.5 Å². The van der Waals surface area contributed by atoms with Crippen LogP contribution in [0.3, 0.4) is 0 Å². The van der Waals surface area contributed by atoms with E-state index in [1.54, 1.807) is 10.9 Å². The Morgan fingerprint density at radius 3 is 2.26 bits per heavy atom. The van der Waals surface area contributed by atoms with Crippen LogP contribution in [0, 0.1) is 5.92 Å². The van der Waals surface area contributed by atoms with Crippen molar-refractivity contribution in [3.63, 3.8) is 0 Å². The molecule has 0 aliphatic heterocycles. The summed E-state index contributed by atoms with van der Waals surface area (Å²) < 4.78 is 33.3. The van der Waals surface area contributed by atoms with Gasteiger partial charge in [0.1, 0.15) is 23.4 Å². The minimum atomic E-state index is -5.19. The second kappa shape index (κ2) is 13.1. The van der Waals surface area contributed by atoms with E-state index in [9.17, 15) is 27.9 Å². The maximum absolute atomic E-state index is 12.6. The van der Waals surface area contributed by atoms with Gasteiger partial charge >= 0.3 is 28.6 Å². The topological polar surface area (TPSA) is 124 Å². The molecule has 190 valence electrons. The molecule has 2 N–H and O–H groups in total. The first kappa shape index (κ1) is 29.9. The predicted octanol–water partition coefficient (Wildman–Crippen LogP) is 2.91. The van der Waals surface area contributed by atoms with Crippen LogP contribution in [0.25, 0.3) is 5.69 Å². The minimum Gasteiger partial charge on any atom is -0.542 e. The molecule has 1 unspecified atom stereocenters. The molecule has 1 atom stereocenters. The Morgan fingerprint density at radius 1 is 1.17 bits per heavy atom. The zero-order chi connectivity index (χ0) is 25.5. The van der Waals surface area contributed by atoms with Crippen molar-refractivity contribution in [1.82, 2.24) is 9.78 Å². The molecule has 0 saturated carbocycles. The third-order valence-electron chi connectivity index (χ3n) is 4.39. The third-order valence-corrected chi connectivity index (χ3v) is 4.72. The van der Waals surface area contributed by atoms with Crippen LogP contribution in [-0.2, 0) is 43.2 Å². The molecule has 0 spiro atoms.